The van der Waals surface area contributed by atoms with Crippen molar-refractivity contribution in [2.75, 3.05) is 0 Å². The third-order valence-electron chi connectivity index (χ3n) is 3.74. The molecule has 1 aromatic heterocycles. The lowest BCUT2D eigenvalue weighted by molar-refractivity contribution is -0.116. The minimum absolute atomic E-state index is 0.201. The molecule has 0 aliphatic heterocycles. The fraction of sp³-hybridized carbons (Fsp3) is 0.100. The Hall–Kier alpha value is -3.14. The van der Waals surface area contributed by atoms with Crippen LogP contribution in [0.1, 0.15) is 11.4 Å². The maximum absolute atomic E-state index is 11.4. The molecule has 1 amide bonds. The third-order valence-corrected chi connectivity index (χ3v) is 3.74. The van der Waals surface area contributed by atoms with Gasteiger partial charge in [0, 0.05) is 6.54 Å². The van der Waals surface area contributed by atoms with Crippen LogP contribution in [0.25, 0.3) is 17.1 Å². The number of aromatic nitrogens is 2. The van der Waals surface area contributed by atoms with Crippen LogP contribution in [0.4, 0.5) is 0 Å². The van der Waals surface area contributed by atoms with E-state index in [1.54, 1.807) is 0 Å². The molecule has 0 aliphatic carbocycles. The molecule has 0 atom stereocenters. The molecule has 4 heteroatoms. The highest BCUT2D eigenvalue weighted by Gasteiger charge is 2.09. The molecule has 3 rings (SSSR count). The van der Waals surface area contributed by atoms with Crippen LogP contribution in [0.15, 0.2) is 73.3 Å². The van der Waals surface area contributed by atoms with Crippen LogP contribution in [0.2, 0.25) is 0 Å². The van der Waals surface area contributed by atoms with Gasteiger partial charge in [0.2, 0.25) is 5.91 Å². The quantitative estimate of drug-likeness (QED) is 0.707. The van der Waals surface area contributed by atoms with Crippen molar-refractivity contribution in [2.24, 2.45) is 0 Å². The van der Waals surface area contributed by atoms with Crippen LogP contribution in [-0.4, -0.2) is 15.5 Å². The number of nitrogens with zero attached hydrogens (tertiary/aromatic N) is 2. The second kappa shape index (κ2) is 7.42. The van der Waals surface area contributed by atoms with Gasteiger partial charge < -0.3 is 9.88 Å². The fourth-order valence-corrected chi connectivity index (χ4v) is 2.56. The summed E-state index contributed by atoms with van der Waals surface area (Å²) in [5.41, 5.74) is 3.13. The van der Waals surface area contributed by atoms with E-state index in [9.17, 15) is 4.79 Å². The van der Waals surface area contributed by atoms with E-state index >= 15 is 0 Å². The molecule has 1 heterocycles. The molecule has 0 unspecified atom stereocenters. The second-order valence-electron chi connectivity index (χ2n) is 5.36. The maximum Gasteiger partial charge on any atom is 0.243 e. The van der Waals surface area contributed by atoms with Crippen molar-refractivity contribution in [1.29, 1.82) is 0 Å². The molecule has 0 bridgehead atoms. The van der Waals surface area contributed by atoms with Gasteiger partial charge in [-0.1, -0.05) is 61.2 Å². The first-order valence-corrected chi connectivity index (χ1v) is 7.84. The molecule has 0 saturated carbocycles. The molecule has 0 radical (unpaired) electrons. The molecular formula is C20H19N3O. The average Bonchev–Trinajstić information content (AvgIpc) is 2.98. The molecule has 0 fully saturated rings. The summed E-state index contributed by atoms with van der Waals surface area (Å²) < 4.78 is 2.11. The summed E-state index contributed by atoms with van der Waals surface area (Å²) in [4.78, 5) is 16.1. The third kappa shape index (κ3) is 3.60. The van der Waals surface area contributed by atoms with E-state index in [2.05, 4.69) is 45.7 Å². The first kappa shape index (κ1) is 15.7. The Kier molecular flexibility index (Phi) is 4.87. The van der Waals surface area contributed by atoms with E-state index in [1.165, 1.54) is 6.08 Å². The molecule has 0 saturated heterocycles. The topological polar surface area (TPSA) is 46.9 Å². The van der Waals surface area contributed by atoms with Gasteiger partial charge in [0.05, 0.1) is 17.6 Å². The van der Waals surface area contributed by atoms with Crippen LogP contribution < -0.4 is 5.32 Å². The number of hydrogen-bond donors (Lipinski definition) is 1. The summed E-state index contributed by atoms with van der Waals surface area (Å²) in [5, 5.41) is 2.79. The van der Waals surface area contributed by atoms with Gasteiger partial charge in [0.15, 0.2) is 0 Å². The zero-order chi connectivity index (χ0) is 16.8. The van der Waals surface area contributed by atoms with E-state index in [1.807, 2.05) is 42.5 Å². The number of para-hydroxylation sites is 2. The fourth-order valence-electron chi connectivity index (χ4n) is 2.56. The van der Waals surface area contributed by atoms with E-state index < -0.39 is 0 Å². The van der Waals surface area contributed by atoms with Gasteiger partial charge in [-0.15, -0.1) is 0 Å². The minimum Gasteiger partial charge on any atom is -0.345 e. The summed E-state index contributed by atoms with van der Waals surface area (Å²) in [7, 11) is 0. The Labute approximate surface area is 141 Å². The molecule has 1 N–H and O–H groups in total. The number of allylic oxidation sites excluding steroid dienone is 1. The predicted molar refractivity (Wildman–Crippen MR) is 97.3 cm³/mol. The summed E-state index contributed by atoms with van der Waals surface area (Å²) >= 11 is 0. The maximum atomic E-state index is 11.4. The Morgan fingerprint density at radius 1 is 1.12 bits per heavy atom. The van der Waals surface area contributed by atoms with Crippen LogP contribution in [0, 0.1) is 0 Å². The van der Waals surface area contributed by atoms with Crippen molar-refractivity contribution in [3.05, 3.63) is 84.7 Å². The predicted octanol–water partition coefficient (Wildman–Crippen LogP) is 3.55. The lowest BCUT2D eigenvalue weighted by Crippen LogP contribution is -2.22. The van der Waals surface area contributed by atoms with E-state index in [0.29, 0.717) is 13.1 Å². The number of carbonyl (C=O) groups is 1. The van der Waals surface area contributed by atoms with Crippen molar-refractivity contribution in [3.8, 4) is 0 Å². The first-order chi connectivity index (χ1) is 11.8. The molecule has 3 aromatic rings. The number of imidazole rings is 1. The number of carbonyl (C=O) groups excluding carboxylic acids is 1. The molecule has 0 aliphatic rings. The van der Waals surface area contributed by atoms with Crippen LogP contribution >= 0.6 is 0 Å². The Bertz CT molecular complexity index is 878. The Morgan fingerprint density at radius 3 is 2.67 bits per heavy atom. The monoisotopic (exact) mass is 317 g/mol. The van der Waals surface area contributed by atoms with Gasteiger partial charge in [0.1, 0.15) is 5.82 Å². The summed E-state index contributed by atoms with van der Waals surface area (Å²) in [6, 6.07) is 18.1. The van der Waals surface area contributed by atoms with Crippen molar-refractivity contribution in [1.82, 2.24) is 14.9 Å². The zero-order valence-electron chi connectivity index (χ0n) is 13.4. The smallest absolute Gasteiger partial charge is 0.243 e. The van der Waals surface area contributed by atoms with Crippen molar-refractivity contribution in [2.45, 2.75) is 13.1 Å². The number of rotatable bonds is 6. The number of fused-ring (bicyclic) bond motifs is 1. The number of nitrogens with one attached hydrogen (secondary N) is 1. The van der Waals surface area contributed by atoms with Gasteiger partial charge >= 0.3 is 0 Å². The van der Waals surface area contributed by atoms with Crippen molar-refractivity contribution >= 4 is 23.0 Å². The van der Waals surface area contributed by atoms with E-state index in [-0.39, 0.29) is 5.91 Å². The van der Waals surface area contributed by atoms with Gasteiger partial charge in [-0.05, 0) is 23.8 Å². The van der Waals surface area contributed by atoms with E-state index in [0.717, 1.165) is 22.4 Å². The van der Waals surface area contributed by atoms with Crippen LogP contribution in [0.5, 0.6) is 0 Å². The SMILES string of the molecule is C=CC(=O)NCc1nc2ccccc2n1C/C=C/c1ccccc1. The van der Waals surface area contributed by atoms with Crippen LogP contribution in [0.3, 0.4) is 0 Å². The van der Waals surface area contributed by atoms with Gasteiger partial charge in [-0.3, -0.25) is 4.79 Å². The van der Waals surface area contributed by atoms with Crippen LogP contribution in [-0.2, 0) is 17.9 Å². The van der Waals surface area contributed by atoms with Gasteiger partial charge in [-0.2, -0.15) is 0 Å². The van der Waals surface area contributed by atoms with E-state index in [4.69, 9.17) is 0 Å². The van der Waals surface area contributed by atoms with Crippen molar-refractivity contribution in [3.63, 3.8) is 0 Å². The van der Waals surface area contributed by atoms with Gasteiger partial charge in [-0.25, -0.2) is 4.98 Å². The normalized spacial score (nSPS) is 11.0. The summed E-state index contributed by atoms with van der Waals surface area (Å²) in [5.74, 6) is 0.623. The molecular weight excluding hydrogens is 298 g/mol. The molecule has 4 nitrogen and oxygen atoms in total. The Morgan fingerprint density at radius 2 is 1.88 bits per heavy atom. The van der Waals surface area contributed by atoms with Gasteiger partial charge in [0.25, 0.3) is 0 Å². The molecule has 0 spiro atoms. The zero-order valence-corrected chi connectivity index (χ0v) is 13.4. The number of hydrogen-bond acceptors (Lipinski definition) is 2. The second-order valence-corrected chi connectivity index (χ2v) is 5.36. The number of benzene rings is 2. The standard InChI is InChI=1S/C20H19N3O/c1-2-20(24)21-15-19-22-17-12-6-7-13-18(17)23(19)14-8-11-16-9-4-3-5-10-16/h2-13H,1,14-15H2,(H,21,24)/b11-8+. The average molecular weight is 317 g/mol. The minimum atomic E-state index is -0.201. The molecule has 24 heavy (non-hydrogen) atoms. The first-order valence-electron chi connectivity index (χ1n) is 7.84. The molecule has 120 valence electrons. The summed E-state index contributed by atoms with van der Waals surface area (Å²) in [6.45, 7) is 4.53. The van der Waals surface area contributed by atoms with Crippen molar-refractivity contribution < 1.29 is 4.79 Å². The Balaban J connectivity index is 1.85. The highest BCUT2D eigenvalue weighted by molar-refractivity contribution is 5.86. The lowest BCUT2D eigenvalue weighted by atomic mass is 10.2. The highest BCUT2D eigenvalue weighted by atomic mass is 16.1. The number of amides is 1. The highest BCUT2D eigenvalue weighted by Crippen LogP contribution is 2.16. The molecule has 2 aromatic carbocycles. The lowest BCUT2D eigenvalue weighted by Gasteiger charge is -2.07. The largest absolute Gasteiger partial charge is 0.345 e. The summed E-state index contributed by atoms with van der Waals surface area (Å²) in [6.07, 6.45) is 5.45.